The lowest BCUT2D eigenvalue weighted by Gasteiger charge is -2.36. The van der Waals surface area contributed by atoms with Gasteiger partial charge in [0, 0.05) is 27.1 Å². The normalized spacial score (nSPS) is 27.6. The molecule has 5 heteroatoms. The van der Waals surface area contributed by atoms with Gasteiger partial charge in [-0.25, -0.2) is 0 Å². The fourth-order valence-corrected chi connectivity index (χ4v) is 5.57. The first-order valence-electron chi connectivity index (χ1n) is 7.51. The maximum atomic E-state index is 5.96. The molecule has 21 heavy (non-hydrogen) atoms. The molecule has 1 heterocycles. The molecule has 1 aliphatic heterocycles. The number of rotatable bonds is 5. The minimum absolute atomic E-state index is 0.118. The van der Waals surface area contributed by atoms with Crippen molar-refractivity contribution in [3.05, 3.63) is 29.8 Å². The number of para-hydroxylation sites is 1. The molecule has 4 atom stereocenters. The first-order chi connectivity index (χ1) is 10.0. The molecule has 1 aliphatic rings. The zero-order chi connectivity index (χ0) is 15.4. The largest absolute Gasteiger partial charge is 0.491 e. The van der Waals surface area contributed by atoms with Gasteiger partial charge in [0.1, 0.15) is 5.75 Å². The van der Waals surface area contributed by atoms with Crippen molar-refractivity contribution in [3.63, 3.8) is 0 Å². The fraction of sp³-hybridized carbons (Fsp3) is 0.625. The highest BCUT2D eigenvalue weighted by molar-refractivity contribution is 8.07. The standard InChI is InChI=1S/C16H26N2OS2/c1-10(2)19-14-8-6-5-7-13(14)16(18-17)15-9-20-11(3)12(4)21-15/h5-8,10-12,15-16,18H,9,17H2,1-4H3. The van der Waals surface area contributed by atoms with Gasteiger partial charge < -0.3 is 4.74 Å². The predicted molar refractivity (Wildman–Crippen MR) is 95.0 cm³/mol. The highest BCUT2D eigenvalue weighted by atomic mass is 32.2. The summed E-state index contributed by atoms with van der Waals surface area (Å²) in [6.07, 6.45) is 0.164. The summed E-state index contributed by atoms with van der Waals surface area (Å²) >= 11 is 4.07. The van der Waals surface area contributed by atoms with E-state index in [1.807, 2.05) is 35.7 Å². The lowest BCUT2D eigenvalue weighted by atomic mass is 10.0. The van der Waals surface area contributed by atoms with E-state index in [-0.39, 0.29) is 12.1 Å². The van der Waals surface area contributed by atoms with Crippen molar-refractivity contribution in [1.82, 2.24) is 5.43 Å². The van der Waals surface area contributed by atoms with E-state index in [9.17, 15) is 0 Å². The molecule has 118 valence electrons. The zero-order valence-corrected chi connectivity index (χ0v) is 14.8. The quantitative estimate of drug-likeness (QED) is 0.639. The van der Waals surface area contributed by atoms with Gasteiger partial charge in [-0.2, -0.15) is 23.5 Å². The summed E-state index contributed by atoms with van der Waals surface area (Å²) in [6.45, 7) is 8.71. The molecule has 0 aromatic heterocycles. The van der Waals surface area contributed by atoms with Gasteiger partial charge >= 0.3 is 0 Å². The van der Waals surface area contributed by atoms with Crippen molar-refractivity contribution in [2.24, 2.45) is 5.84 Å². The third kappa shape index (κ3) is 4.31. The van der Waals surface area contributed by atoms with Gasteiger partial charge in [0.2, 0.25) is 0 Å². The van der Waals surface area contributed by atoms with E-state index in [0.717, 1.165) is 17.1 Å². The second-order valence-corrected chi connectivity index (χ2v) is 8.80. The molecule has 0 aliphatic carbocycles. The highest BCUT2D eigenvalue weighted by Crippen LogP contribution is 2.42. The Kier molecular flexibility index (Phi) is 6.29. The Morgan fingerprint density at radius 2 is 1.95 bits per heavy atom. The molecule has 2 rings (SSSR count). The maximum absolute atomic E-state index is 5.96. The van der Waals surface area contributed by atoms with Crippen molar-refractivity contribution < 1.29 is 4.74 Å². The Morgan fingerprint density at radius 3 is 2.57 bits per heavy atom. The molecule has 1 aromatic carbocycles. The summed E-state index contributed by atoms with van der Waals surface area (Å²) in [6, 6.07) is 8.34. The number of ether oxygens (including phenoxy) is 1. The van der Waals surface area contributed by atoms with Crippen LogP contribution >= 0.6 is 23.5 Å². The van der Waals surface area contributed by atoms with Crippen molar-refractivity contribution in [2.45, 2.75) is 55.6 Å². The Bertz CT molecular complexity index is 456. The Labute approximate surface area is 136 Å². The summed E-state index contributed by atoms with van der Waals surface area (Å²) < 4.78 is 5.96. The van der Waals surface area contributed by atoms with Crippen molar-refractivity contribution in [1.29, 1.82) is 0 Å². The van der Waals surface area contributed by atoms with Gasteiger partial charge in [-0.1, -0.05) is 32.0 Å². The van der Waals surface area contributed by atoms with E-state index in [0.29, 0.717) is 15.7 Å². The second-order valence-electron chi connectivity index (χ2n) is 5.77. The van der Waals surface area contributed by atoms with E-state index >= 15 is 0 Å². The third-order valence-corrected chi connectivity index (χ3v) is 7.24. The number of thioether (sulfide) groups is 2. The summed E-state index contributed by atoms with van der Waals surface area (Å²) in [5.41, 5.74) is 4.18. The van der Waals surface area contributed by atoms with Crippen LogP contribution in [0.25, 0.3) is 0 Å². The third-order valence-electron chi connectivity index (χ3n) is 3.74. The van der Waals surface area contributed by atoms with Gasteiger partial charge in [0.15, 0.2) is 0 Å². The molecular formula is C16H26N2OS2. The Balaban J connectivity index is 2.21. The summed E-state index contributed by atoms with van der Waals surface area (Å²) in [5, 5.41) is 1.80. The first kappa shape index (κ1) is 17.0. The zero-order valence-electron chi connectivity index (χ0n) is 13.2. The predicted octanol–water partition coefficient (Wildman–Crippen LogP) is 3.60. The molecule has 4 unspecified atom stereocenters. The number of hydrazine groups is 1. The average molecular weight is 327 g/mol. The molecule has 1 aromatic rings. The van der Waals surface area contributed by atoms with Crippen LogP contribution < -0.4 is 16.0 Å². The summed E-state index contributed by atoms with van der Waals surface area (Å²) in [4.78, 5) is 0. The molecule has 0 spiro atoms. The number of hydrogen-bond donors (Lipinski definition) is 2. The first-order valence-corrected chi connectivity index (χ1v) is 9.50. The van der Waals surface area contributed by atoms with Crippen LogP contribution in [-0.2, 0) is 0 Å². The van der Waals surface area contributed by atoms with Gasteiger partial charge in [0.05, 0.1) is 12.1 Å². The Hall–Kier alpha value is -0.360. The maximum Gasteiger partial charge on any atom is 0.124 e. The number of nitrogens with two attached hydrogens (primary N) is 1. The number of benzene rings is 1. The van der Waals surface area contributed by atoms with Gasteiger partial charge in [0.25, 0.3) is 0 Å². The van der Waals surface area contributed by atoms with E-state index in [4.69, 9.17) is 10.6 Å². The SMILES string of the molecule is CC(C)Oc1ccccc1C(NN)C1CSC(C)C(C)S1. The second kappa shape index (κ2) is 7.77. The van der Waals surface area contributed by atoms with Gasteiger partial charge in [-0.05, 0) is 19.9 Å². The number of nitrogens with one attached hydrogen (secondary N) is 1. The van der Waals surface area contributed by atoms with Crippen molar-refractivity contribution in [3.8, 4) is 5.75 Å². The number of hydrogen-bond acceptors (Lipinski definition) is 5. The van der Waals surface area contributed by atoms with Crippen LogP contribution in [0.5, 0.6) is 5.75 Å². The van der Waals surface area contributed by atoms with Gasteiger partial charge in [-0.3, -0.25) is 11.3 Å². The van der Waals surface area contributed by atoms with Crippen molar-refractivity contribution in [2.75, 3.05) is 5.75 Å². The molecule has 3 nitrogen and oxygen atoms in total. The lowest BCUT2D eigenvalue weighted by Crippen LogP contribution is -2.40. The van der Waals surface area contributed by atoms with Crippen molar-refractivity contribution >= 4 is 23.5 Å². The van der Waals surface area contributed by atoms with Crippen LogP contribution in [0.1, 0.15) is 39.3 Å². The summed E-state index contributed by atoms with van der Waals surface area (Å²) in [7, 11) is 0. The fourth-order valence-electron chi connectivity index (χ4n) is 2.48. The molecule has 1 fully saturated rings. The summed E-state index contributed by atoms with van der Waals surface area (Å²) in [5.74, 6) is 7.94. The van der Waals surface area contributed by atoms with Crippen LogP contribution in [0.4, 0.5) is 0 Å². The smallest absolute Gasteiger partial charge is 0.124 e. The van der Waals surface area contributed by atoms with Crippen LogP contribution in [0.3, 0.4) is 0 Å². The molecule has 0 radical (unpaired) electrons. The average Bonchev–Trinajstić information content (AvgIpc) is 2.44. The minimum atomic E-state index is 0.118. The van der Waals surface area contributed by atoms with Crippen LogP contribution in [-0.4, -0.2) is 27.6 Å². The molecule has 0 bridgehead atoms. The monoisotopic (exact) mass is 326 g/mol. The van der Waals surface area contributed by atoms with E-state index in [2.05, 4.69) is 45.3 Å². The topological polar surface area (TPSA) is 47.3 Å². The highest BCUT2D eigenvalue weighted by Gasteiger charge is 2.32. The molecule has 0 amide bonds. The minimum Gasteiger partial charge on any atom is -0.491 e. The molecule has 1 saturated heterocycles. The van der Waals surface area contributed by atoms with E-state index in [1.165, 1.54) is 0 Å². The lowest BCUT2D eigenvalue weighted by molar-refractivity contribution is 0.237. The van der Waals surface area contributed by atoms with Gasteiger partial charge in [-0.15, -0.1) is 0 Å². The molecule has 0 saturated carbocycles. The molecular weight excluding hydrogens is 300 g/mol. The van der Waals surface area contributed by atoms with Crippen LogP contribution in [0, 0.1) is 0 Å². The van der Waals surface area contributed by atoms with Crippen LogP contribution in [0.15, 0.2) is 24.3 Å². The van der Waals surface area contributed by atoms with E-state index in [1.54, 1.807) is 0 Å². The van der Waals surface area contributed by atoms with Crippen LogP contribution in [0.2, 0.25) is 0 Å². The molecule has 3 N–H and O–H groups in total. The Morgan fingerprint density at radius 1 is 1.24 bits per heavy atom. The van der Waals surface area contributed by atoms with E-state index < -0.39 is 0 Å².